The van der Waals surface area contributed by atoms with Gasteiger partial charge in [-0.05, 0) is 25.1 Å². The van der Waals surface area contributed by atoms with Crippen molar-refractivity contribution in [3.8, 4) is 0 Å². The van der Waals surface area contributed by atoms with Crippen molar-refractivity contribution >= 4 is 32.6 Å². The maximum absolute atomic E-state index is 13.6. The van der Waals surface area contributed by atoms with Gasteiger partial charge in [0, 0.05) is 11.6 Å². The van der Waals surface area contributed by atoms with E-state index in [-0.39, 0.29) is 16.6 Å². The molecule has 0 spiro atoms. The smallest absolute Gasteiger partial charge is 0.257 e. The van der Waals surface area contributed by atoms with Gasteiger partial charge in [-0.1, -0.05) is 29.0 Å². The maximum Gasteiger partial charge on any atom is 0.257 e. The van der Waals surface area contributed by atoms with Gasteiger partial charge in [-0.25, -0.2) is 13.8 Å². The molecule has 0 aliphatic carbocycles. The number of aryl methyl sites for hydroxylation is 1. The molecule has 1 heterocycles. The van der Waals surface area contributed by atoms with Crippen molar-refractivity contribution in [1.82, 2.24) is 4.98 Å². The predicted molar refractivity (Wildman–Crippen MR) is 78.7 cm³/mol. The van der Waals surface area contributed by atoms with E-state index < -0.39 is 11.6 Å². The van der Waals surface area contributed by atoms with Crippen molar-refractivity contribution in [3.63, 3.8) is 0 Å². The summed E-state index contributed by atoms with van der Waals surface area (Å²) < 4.78 is 27.0. The molecule has 0 saturated heterocycles. The number of carbonyl (C=O) groups is 1. The molecule has 0 saturated carbocycles. The normalized spacial score (nSPS) is 10.8. The van der Waals surface area contributed by atoms with Gasteiger partial charge in [-0.2, -0.15) is 0 Å². The van der Waals surface area contributed by atoms with E-state index in [1.54, 1.807) is 18.2 Å². The number of halogens is 2. The molecule has 1 N–H and O–H groups in total. The van der Waals surface area contributed by atoms with Gasteiger partial charge in [0.15, 0.2) is 10.9 Å². The van der Waals surface area contributed by atoms with Crippen LogP contribution in [0.25, 0.3) is 10.2 Å². The summed E-state index contributed by atoms with van der Waals surface area (Å²) in [4.78, 5) is 16.1. The number of benzene rings is 2. The molecular formula is C15H10F2N2OS. The van der Waals surface area contributed by atoms with Crippen molar-refractivity contribution in [2.24, 2.45) is 0 Å². The van der Waals surface area contributed by atoms with E-state index in [0.717, 1.165) is 23.0 Å². The summed E-state index contributed by atoms with van der Waals surface area (Å²) in [5, 5.41) is 2.84. The summed E-state index contributed by atoms with van der Waals surface area (Å²) in [6, 6.07) is 9.04. The number of fused-ring (bicyclic) bond motifs is 1. The van der Waals surface area contributed by atoms with Crippen molar-refractivity contribution in [2.75, 3.05) is 5.32 Å². The van der Waals surface area contributed by atoms with Crippen LogP contribution in [0.4, 0.5) is 13.9 Å². The summed E-state index contributed by atoms with van der Waals surface area (Å²) in [5.41, 5.74) is 1.50. The molecule has 1 aromatic heterocycles. The zero-order chi connectivity index (χ0) is 15.0. The van der Waals surface area contributed by atoms with Gasteiger partial charge in [-0.3, -0.25) is 10.1 Å². The van der Waals surface area contributed by atoms with Crippen LogP contribution in [0.1, 0.15) is 15.9 Å². The lowest BCUT2D eigenvalue weighted by atomic mass is 10.1. The highest BCUT2D eigenvalue weighted by atomic mass is 32.1. The zero-order valence-corrected chi connectivity index (χ0v) is 11.8. The van der Waals surface area contributed by atoms with Crippen molar-refractivity contribution in [2.45, 2.75) is 6.92 Å². The fourth-order valence-electron chi connectivity index (χ4n) is 1.97. The van der Waals surface area contributed by atoms with Crippen molar-refractivity contribution in [3.05, 3.63) is 59.2 Å². The number of carbonyl (C=O) groups excluding carboxylic acids is 1. The number of nitrogens with one attached hydrogen (secondary N) is 1. The Balaban J connectivity index is 1.91. The molecule has 0 aliphatic heterocycles. The lowest BCUT2D eigenvalue weighted by molar-refractivity contribution is 0.102. The second kappa shape index (κ2) is 5.21. The predicted octanol–water partition coefficient (Wildman–Crippen LogP) is 4.14. The van der Waals surface area contributed by atoms with Crippen LogP contribution in [-0.2, 0) is 0 Å². The minimum atomic E-state index is -0.739. The highest BCUT2D eigenvalue weighted by Gasteiger charge is 2.13. The summed E-state index contributed by atoms with van der Waals surface area (Å²) in [6.45, 7) is 1.88. The molecule has 6 heteroatoms. The van der Waals surface area contributed by atoms with Crippen LogP contribution in [0, 0.1) is 18.6 Å². The average Bonchev–Trinajstić information content (AvgIpc) is 2.81. The lowest BCUT2D eigenvalue weighted by Crippen LogP contribution is -2.11. The molecular weight excluding hydrogens is 294 g/mol. The monoisotopic (exact) mass is 304 g/mol. The molecule has 0 fully saturated rings. The Hall–Kier alpha value is -2.34. The number of anilines is 1. The number of rotatable bonds is 2. The molecule has 0 radical (unpaired) electrons. The number of hydrogen-bond acceptors (Lipinski definition) is 3. The minimum absolute atomic E-state index is 0.0564. The number of aromatic nitrogens is 1. The first-order valence-electron chi connectivity index (χ1n) is 6.16. The van der Waals surface area contributed by atoms with E-state index in [2.05, 4.69) is 10.3 Å². The van der Waals surface area contributed by atoms with Crippen LogP contribution in [0.2, 0.25) is 0 Å². The van der Waals surface area contributed by atoms with E-state index in [9.17, 15) is 13.6 Å². The zero-order valence-electron chi connectivity index (χ0n) is 11.0. The molecule has 0 bridgehead atoms. The van der Waals surface area contributed by atoms with E-state index in [0.29, 0.717) is 10.3 Å². The molecule has 0 aliphatic rings. The molecule has 3 nitrogen and oxygen atoms in total. The van der Waals surface area contributed by atoms with Gasteiger partial charge in [0.2, 0.25) is 0 Å². The van der Waals surface area contributed by atoms with Gasteiger partial charge in [0.05, 0.1) is 4.70 Å². The first kappa shape index (κ1) is 13.6. The Morgan fingerprint density at radius 2 is 2.05 bits per heavy atom. The fourth-order valence-corrected chi connectivity index (χ4v) is 2.87. The van der Waals surface area contributed by atoms with Crippen molar-refractivity contribution < 1.29 is 13.6 Å². The first-order chi connectivity index (χ1) is 10.0. The van der Waals surface area contributed by atoms with Crippen LogP contribution in [0.15, 0.2) is 36.4 Å². The molecule has 3 rings (SSSR count). The Kier molecular flexibility index (Phi) is 3.39. The molecule has 0 unspecified atom stereocenters. The minimum Gasteiger partial charge on any atom is -0.298 e. The Bertz CT molecular complexity index is 845. The summed E-state index contributed by atoms with van der Waals surface area (Å²) in [7, 11) is 0. The number of hydrogen-bond donors (Lipinski definition) is 1. The second-order valence-corrected chi connectivity index (χ2v) is 5.61. The fraction of sp³-hybridized carbons (Fsp3) is 0.0667. The molecule has 1 amide bonds. The van der Waals surface area contributed by atoms with Crippen LogP contribution >= 0.6 is 11.3 Å². The third-order valence-electron chi connectivity index (χ3n) is 2.91. The Morgan fingerprint density at radius 3 is 2.81 bits per heavy atom. The van der Waals surface area contributed by atoms with Crippen LogP contribution in [-0.4, -0.2) is 10.9 Å². The lowest BCUT2D eigenvalue weighted by Gasteiger charge is -2.02. The highest BCUT2D eigenvalue weighted by molar-refractivity contribution is 7.22. The third-order valence-corrected chi connectivity index (χ3v) is 3.83. The molecule has 0 atom stereocenters. The SMILES string of the molecule is Cc1cccc(C(=O)Nc2nc3c(F)cc(F)cc3s2)c1. The Morgan fingerprint density at radius 1 is 1.24 bits per heavy atom. The van der Waals surface area contributed by atoms with Crippen LogP contribution in [0.5, 0.6) is 0 Å². The Labute approximate surface area is 123 Å². The maximum atomic E-state index is 13.6. The van der Waals surface area contributed by atoms with E-state index >= 15 is 0 Å². The van der Waals surface area contributed by atoms with Crippen LogP contribution in [0.3, 0.4) is 0 Å². The number of amides is 1. The van der Waals surface area contributed by atoms with Crippen LogP contribution < -0.4 is 5.32 Å². The van der Waals surface area contributed by atoms with Crippen molar-refractivity contribution in [1.29, 1.82) is 0 Å². The van der Waals surface area contributed by atoms with Gasteiger partial charge in [-0.15, -0.1) is 0 Å². The number of nitrogens with zero attached hydrogens (tertiary/aromatic N) is 1. The quantitative estimate of drug-likeness (QED) is 0.773. The molecule has 106 valence electrons. The molecule has 2 aromatic carbocycles. The average molecular weight is 304 g/mol. The van der Waals surface area contributed by atoms with Gasteiger partial charge < -0.3 is 0 Å². The first-order valence-corrected chi connectivity index (χ1v) is 6.98. The van der Waals surface area contributed by atoms with E-state index in [1.807, 2.05) is 13.0 Å². The summed E-state index contributed by atoms with van der Waals surface area (Å²) in [6.07, 6.45) is 0. The number of thiazole rings is 1. The van der Waals surface area contributed by atoms with E-state index in [1.165, 1.54) is 6.07 Å². The summed E-state index contributed by atoms with van der Waals surface area (Å²) >= 11 is 1.03. The molecule has 21 heavy (non-hydrogen) atoms. The second-order valence-electron chi connectivity index (χ2n) is 4.58. The van der Waals surface area contributed by atoms with Gasteiger partial charge in [0.1, 0.15) is 11.3 Å². The van der Waals surface area contributed by atoms with Gasteiger partial charge in [0.25, 0.3) is 5.91 Å². The largest absolute Gasteiger partial charge is 0.298 e. The highest BCUT2D eigenvalue weighted by Crippen LogP contribution is 2.28. The van der Waals surface area contributed by atoms with E-state index in [4.69, 9.17) is 0 Å². The summed E-state index contributed by atoms with van der Waals surface area (Å²) in [5.74, 6) is -1.74. The topological polar surface area (TPSA) is 42.0 Å². The third kappa shape index (κ3) is 2.75. The molecule has 3 aromatic rings. The van der Waals surface area contributed by atoms with Gasteiger partial charge >= 0.3 is 0 Å². The standard InChI is InChI=1S/C15H10F2N2OS/c1-8-3-2-4-9(5-8)14(20)19-15-18-13-11(17)6-10(16)7-12(13)21-15/h2-7H,1H3,(H,18,19,20).